The van der Waals surface area contributed by atoms with Gasteiger partial charge in [-0.1, -0.05) is 25.0 Å². The van der Waals surface area contributed by atoms with Crippen molar-refractivity contribution >= 4 is 45.2 Å². The summed E-state index contributed by atoms with van der Waals surface area (Å²) >= 11 is 1.40. The van der Waals surface area contributed by atoms with Crippen molar-refractivity contribution in [1.82, 2.24) is 30.5 Å². The highest BCUT2D eigenvalue weighted by Crippen LogP contribution is 2.45. The van der Waals surface area contributed by atoms with E-state index in [9.17, 15) is 24.3 Å². The third-order valence-corrected chi connectivity index (χ3v) is 10.2. The van der Waals surface area contributed by atoms with E-state index in [1.807, 2.05) is 23.6 Å². The van der Waals surface area contributed by atoms with Crippen LogP contribution in [0.2, 0.25) is 0 Å². The number of carbonyl (C=O) groups excluding carboxylic acids is 3. The molecule has 3 aromatic rings. The average molecular weight is 649 g/mol. The molecule has 1 saturated heterocycles. The lowest BCUT2D eigenvalue weighted by Gasteiger charge is -2.29. The van der Waals surface area contributed by atoms with E-state index in [1.165, 1.54) is 28.7 Å². The highest BCUT2D eigenvalue weighted by molar-refractivity contribution is 7.17. The molecule has 2 saturated carbocycles. The summed E-state index contributed by atoms with van der Waals surface area (Å²) in [5, 5.41) is 17.7. The predicted octanol–water partition coefficient (Wildman–Crippen LogP) is 3.46. The molecule has 46 heavy (non-hydrogen) atoms. The number of hydrogen-bond donors (Lipinski definition) is 3. The quantitative estimate of drug-likeness (QED) is 0.322. The van der Waals surface area contributed by atoms with Crippen LogP contribution in [0.3, 0.4) is 0 Å². The Morgan fingerprint density at radius 3 is 2.85 bits per heavy atom. The third-order valence-electron chi connectivity index (χ3n) is 9.30. The maximum atomic E-state index is 14.2. The second kappa shape index (κ2) is 12.5. The van der Waals surface area contributed by atoms with Crippen LogP contribution in [0.25, 0.3) is 21.9 Å². The summed E-state index contributed by atoms with van der Waals surface area (Å²) < 4.78 is 12.5. The Kier molecular flexibility index (Phi) is 8.22. The molecule has 3 aromatic heterocycles. The van der Waals surface area contributed by atoms with Crippen molar-refractivity contribution in [2.45, 2.75) is 87.9 Å². The second-order valence-corrected chi connectivity index (χ2v) is 13.6. The third kappa shape index (κ3) is 6.22. The number of fused-ring (bicyclic) bond motifs is 3. The van der Waals surface area contributed by atoms with Crippen LogP contribution in [0.4, 0.5) is 0 Å². The molecule has 3 N–H and O–H groups in total. The van der Waals surface area contributed by atoms with Gasteiger partial charge in [0.15, 0.2) is 0 Å². The number of oxazole rings is 1. The van der Waals surface area contributed by atoms with Crippen molar-refractivity contribution in [3.8, 4) is 17.6 Å². The first-order valence-corrected chi connectivity index (χ1v) is 16.8. The first kappa shape index (κ1) is 30.3. The molecule has 242 valence electrons. The van der Waals surface area contributed by atoms with Gasteiger partial charge in [-0.05, 0) is 55.9 Å². The molecule has 5 atom stereocenters. The van der Waals surface area contributed by atoms with Crippen LogP contribution in [0.5, 0.6) is 5.88 Å². The van der Waals surface area contributed by atoms with Crippen LogP contribution in [0, 0.1) is 11.8 Å². The van der Waals surface area contributed by atoms with E-state index < -0.39 is 35.6 Å². The maximum absolute atomic E-state index is 14.2. The van der Waals surface area contributed by atoms with Gasteiger partial charge in [-0.2, -0.15) is 4.98 Å². The monoisotopic (exact) mass is 648 g/mol. The summed E-state index contributed by atoms with van der Waals surface area (Å²) in [7, 11) is 0. The summed E-state index contributed by atoms with van der Waals surface area (Å²) in [6.45, 7) is 0.0561. The number of amides is 3. The molecular formula is C32H36N6O7S. The van der Waals surface area contributed by atoms with Crippen molar-refractivity contribution in [2.75, 3.05) is 6.54 Å². The molecule has 0 radical (unpaired) electrons. The van der Waals surface area contributed by atoms with Gasteiger partial charge in [0.1, 0.15) is 34.7 Å². The van der Waals surface area contributed by atoms with Gasteiger partial charge in [0, 0.05) is 18.8 Å². The lowest BCUT2D eigenvalue weighted by molar-refractivity contribution is -0.146. The number of rotatable bonds is 7. The number of nitrogens with one attached hydrogen (secondary N) is 2. The fourth-order valence-corrected chi connectivity index (χ4v) is 7.25. The van der Waals surface area contributed by atoms with Gasteiger partial charge >= 0.3 is 5.97 Å². The molecule has 14 heteroatoms. The topological polar surface area (TPSA) is 177 Å². The molecule has 0 unspecified atom stereocenters. The van der Waals surface area contributed by atoms with Crippen LogP contribution in [-0.2, 0) is 19.2 Å². The number of carboxylic acid groups (broad SMARTS) is 1. The molecule has 5 heterocycles. The SMILES string of the molecule is O=C(CC1CC1)N[C@H]1CCCCCC=C[C@@H]2C[C@@]2(C(=O)O)NC(=O)[C@@H]2C[C@@H](Oc3nc(-c4ncco4)nc4ccsc34)CN2C1=O. The van der Waals surface area contributed by atoms with Crippen molar-refractivity contribution in [2.24, 2.45) is 11.8 Å². The minimum Gasteiger partial charge on any atom is -0.479 e. The van der Waals surface area contributed by atoms with E-state index in [2.05, 4.69) is 25.6 Å². The normalized spacial score (nSPS) is 28.5. The van der Waals surface area contributed by atoms with Gasteiger partial charge < -0.3 is 29.8 Å². The van der Waals surface area contributed by atoms with Crippen molar-refractivity contribution in [3.05, 3.63) is 36.1 Å². The fourth-order valence-electron chi connectivity index (χ4n) is 6.49. The molecule has 2 aliphatic heterocycles. The van der Waals surface area contributed by atoms with Crippen LogP contribution >= 0.6 is 11.3 Å². The Labute approximate surface area is 268 Å². The number of nitrogens with zero attached hydrogens (tertiary/aromatic N) is 4. The maximum Gasteiger partial charge on any atom is 0.330 e. The van der Waals surface area contributed by atoms with E-state index in [4.69, 9.17) is 9.15 Å². The van der Waals surface area contributed by atoms with E-state index >= 15 is 0 Å². The molecule has 3 amide bonds. The average Bonchev–Trinajstić information content (AvgIpc) is 3.69. The van der Waals surface area contributed by atoms with Gasteiger partial charge in [0.2, 0.25) is 29.4 Å². The van der Waals surface area contributed by atoms with Gasteiger partial charge in [0.25, 0.3) is 5.89 Å². The largest absolute Gasteiger partial charge is 0.479 e. The van der Waals surface area contributed by atoms with Crippen molar-refractivity contribution in [1.29, 1.82) is 0 Å². The van der Waals surface area contributed by atoms with Crippen molar-refractivity contribution < 1.29 is 33.4 Å². The minimum atomic E-state index is -1.42. The van der Waals surface area contributed by atoms with E-state index in [0.29, 0.717) is 29.0 Å². The first-order valence-electron chi connectivity index (χ1n) is 15.9. The van der Waals surface area contributed by atoms with Crippen LogP contribution < -0.4 is 15.4 Å². The Morgan fingerprint density at radius 2 is 2.07 bits per heavy atom. The second-order valence-electron chi connectivity index (χ2n) is 12.7. The number of carbonyl (C=O) groups is 4. The smallest absolute Gasteiger partial charge is 0.330 e. The van der Waals surface area contributed by atoms with E-state index in [0.717, 1.165) is 38.5 Å². The van der Waals surface area contributed by atoms with Crippen LogP contribution in [0.15, 0.2) is 40.5 Å². The number of carboxylic acids is 1. The van der Waals surface area contributed by atoms with Gasteiger partial charge in [-0.15, -0.1) is 11.3 Å². The number of thiophene rings is 1. The molecule has 13 nitrogen and oxygen atoms in total. The standard InChI is InChI=1S/C32H36N6O7S/c39-24(14-18-8-9-18)34-22-7-5-3-1-2-4-6-19-16-32(19,31(42)43)37-27(40)23-15-20(17-38(23)30(22)41)45-28-25-21(10-13-46-25)35-26(36-28)29-33-11-12-44-29/h4,6,10-13,18-20,22-23H,1-3,5,7-9,14-17H2,(H,34,39)(H,37,40)(H,42,43)/t19-,20-,22+,23+,32-/m1/s1. The molecule has 4 aliphatic rings. The van der Waals surface area contributed by atoms with Crippen molar-refractivity contribution in [3.63, 3.8) is 0 Å². The number of allylic oxidation sites excluding steroid dienone is 1. The predicted molar refractivity (Wildman–Crippen MR) is 166 cm³/mol. The summed E-state index contributed by atoms with van der Waals surface area (Å²) in [5.41, 5.74) is -0.778. The molecule has 3 fully saturated rings. The highest BCUT2D eigenvalue weighted by atomic mass is 32.1. The summed E-state index contributed by atoms with van der Waals surface area (Å²) in [6.07, 6.45) is 12.6. The lowest BCUT2D eigenvalue weighted by Crippen LogP contribution is -2.56. The number of hydrogen-bond acceptors (Lipinski definition) is 10. The number of aromatic nitrogens is 3. The fraction of sp³-hybridized carbons (Fsp3) is 0.531. The van der Waals surface area contributed by atoms with Crippen LogP contribution in [0.1, 0.15) is 64.2 Å². The van der Waals surface area contributed by atoms with Gasteiger partial charge in [-0.25, -0.2) is 14.8 Å². The number of ether oxygens (including phenoxy) is 1. The zero-order chi connectivity index (χ0) is 31.8. The van der Waals surface area contributed by atoms with E-state index in [1.54, 1.807) is 0 Å². The Balaban J connectivity index is 1.18. The zero-order valence-electron chi connectivity index (χ0n) is 25.2. The van der Waals surface area contributed by atoms with Gasteiger partial charge in [-0.3, -0.25) is 14.4 Å². The molecule has 0 aromatic carbocycles. The first-order chi connectivity index (χ1) is 22.3. The van der Waals surface area contributed by atoms with Gasteiger partial charge in [0.05, 0.1) is 18.3 Å². The molecular weight excluding hydrogens is 612 g/mol. The summed E-state index contributed by atoms with van der Waals surface area (Å²) in [6, 6.07) is 0.0266. The highest BCUT2D eigenvalue weighted by Gasteiger charge is 2.61. The summed E-state index contributed by atoms with van der Waals surface area (Å²) in [5.74, 6) is -1.43. The molecule has 7 rings (SSSR count). The molecule has 2 aliphatic carbocycles. The Morgan fingerprint density at radius 1 is 1.20 bits per heavy atom. The molecule has 0 bridgehead atoms. The zero-order valence-corrected chi connectivity index (χ0v) is 26.0. The Bertz CT molecular complexity index is 1670. The lowest BCUT2D eigenvalue weighted by atomic mass is 10.0. The Hall–Kier alpha value is -4.33. The minimum absolute atomic E-state index is 0.0561. The van der Waals surface area contributed by atoms with Crippen LogP contribution in [-0.4, -0.2) is 78.9 Å². The summed E-state index contributed by atoms with van der Waals surface area (Å²) in [4.78, 5) is 68.1. The molecule has 0 spiro atoms. The van der Waals surface area contributed by atoms with E-state index in [-0.39, 0.29) is 54.7 Å². The number of aliphatic carboxylic acids is 1.